The summed E-state index contributed by atoms with van der Waals surface area (Å²) in [5.41, 5.74) is 1.61. The fourth-order valence-corrected chi connectivity index (χ4v) is 4.87. The van der Waals surface area contributed by atoms with Crippen LogP contribution in [-0.2, 0) is 31.8 Å². The van der Waals surface area contributed by atoms with Crippen molar-refractivity contribution in [2.75, 3.05) is 59.0 Å². The smallest absolute Gasteiger partial charge is 0.341 e. The maximum Gasteiger partial charge on any atom is 0.341 e. The highest BCUT2D eigenvalue weighted by Crippen LogP contribution is 2.40. The summed E-state index contributed by atoms with van der Waals surface area (Å²) in [5, 5.41) is 3.61. The number of rotatable bonds is 11. The Morgan fingerprint density at radius 3 is 2.50 bits per heavy atom. The number of hydrogen-bond donors (Lipinski definition) is 2. The average molecular weight is 414 g/mol. The molecule has 0 fully saturated rings. The summed E-state index contributed by atoms with van der Waals surface area (Å²) in [6.45, 7) is 7.22. The van der Waals surface area contributed by atoms with Gasteiger partial charge in [0.25, 0.3) is 5.91 Å². The molecule has 1 aromatic rings. The van der Waals surface area contributed by atoms with Crippen LogP contribution < -0.4 is 10.2 Å². The number of carbonyl (C=O) groups is 2. The normalized spacial score (nSPS) is 16.1. The van der Waals surface area contributed by atoms with E-state index in [-0.39, 0.29) is 11.9 Å². The highest BCUT2D eigenvalue weighted by molar-refractivity contribution is 7.17. The van der Waals surface area contributed by atoms with E-state index < -0.39 is 0 Å². The molecule has 2 rings (SSSR count). The van der Waals surface area contributed by atoms with E-state index in [2.05, 4.69) is 12.2 Å². The van der Waals surface area contributed by atoms with Crippen molar-refractivity contribution in [2.45, 2.75) is 33.1 Å². The molecule has 158 valence electrons. The summed E-state index contributed by atoms with van der Waals surface area (Å²) in [7, 11) is 3.30. The number of hydrogen-bond acceptors (Lipinski definition) is 6. The zero-order valence-electron chi connectivity index (χ0n) is 17.4. The molecule has 1 heterocycles. The first kappa shape index (κ1) is 22.8. The molecule has 0 aliphatic heterocycles. The van der Waals surface area contributed by atoms with Crippen LogP contribution in [0.2, 0.25) is 0 Å². The molecule has 1 aliphatic carbocycles. The SMILES string of the molecule is CCOC(=O)c1c(NC(=O)C[NH+](CCOC)CCOC)sc2c1CC[C@H](C)C2. The minimum Gasteiger partial charge on any atom is -0.462 e. The standard InChI is InChI=1S/C20H32N2O5S/c1-5-27-20(24)18-15-7-6-14(2)12-16(15)28-19(18)21-17(23)13-22(8-10-25-3)9-11-26-4/h14H,5-13H2,1-4H3,(H,21,23)/p+1/t14-/m0/s1. The van der Waals surface area contributed by atoms with Gasteiger partial charge in [0, 0.05) is 19.1 Å². The second-order valence-corrected chi connectivity index (χ2v) is 8.34. The van der Waals surface area contributed by atoms with Crippen LogP contribution in [0.1, 0.15) is 41.1 Å². The van der Waals surface area contributed by atoms with Crippen molar-refractivity contribution >= 4 is 28.2 Å². The van der Waals surface area contributed by atoms with E-state index in [4.69, 9.17) is 14.2 Å². The Kier molecular flexibility index (Phi) is 9.37. The molecule has 1 aliphatic rings. The van der Waals surface area contributed by atoms with Crippen LogP contribution in [0.4, 0.5) is 5.00 Å². The quantitative estimate of drug-likeness (QED) is 0.533. The number of amides is 1. The van der Waals surface area contributed by atoms with Gasteiger partial charge in [0.1, 0.15) is 18.1 Å². The number of quaternary nitrogens is 1. The van der Waals surface area contributed by atoms with Gasteiger partial charge in [-0.1, -0.05) is 6.92 Å². The molecule has 1 aromatic heterocycles. The van der Waals surface area contributed by atoms with Crippen LogP contribution >= 0.6 is 11.3 Å². The fraction of sp³-hybridized carbons (Fsp3) is 0.700. The van der Waals surface area contributed by atoms with Gasteiger partial charge in [0.2, 0.25) is 0 Å². The summed E-state index contributed by atoms with van der Waals surface area (Å²) in [4.78, 5) is 27.5. The number of esters is 1. The fourth-order valence-electron chi connectivity index (χ4n) is 3.45. The van der Waals surface area contributed by atoms with E-state index >= 15 is 0 Å². The molecule has 0 saturated carbocycles. The van der Waals surface area contributed by atoms with Crippen molar-refractivity contribution in [1.29, 1.82) is 0 Å². The van der Waals surface area contributed by atoms with Gasteiger partial charge in [-0.25, -0.2) is 4.79 Å². The van der Waals surface area contributed by atoms with E-state index in [0.717, 1.165) is 42.8 Å². The van der Waals surface area contributed by atoms with Gasteiger partial charge in [-0.05, 0) is 37.7 Å². The van der Waals surface area contributed by atoms with Gasteiger partial charge in [-0.3, -0.25) is 4.79 Å². The second-order valence-electron chi connectivity index (χ2n) is 7.24. The first-order chi connectivity index (χ1) is 13.5. The van der Waals surface area contributed by atoms with Gasteiger partial charge in [-0.2, -0.15) is 0 Å². The Morgan fingerprint density at radius 2 is 1.89 bits per heavy atom. The number of carbonyl (C=O) groups excluding carboxylic acids is 2. The molecular formula is C20H33N2O5S+. The lowest BCUT2D eigenvalue weighted by molar-refractivity contribution is -0.892. The van der Waals surface area contributed by atoms with Crippen LogP contribution in [0, 0.1) is 5.92 Å². The van der Waals surface area contributed by atoms with Gasteiger partial charge >= 0.3 is 5.97 Å². The summed E-state index contributed by atoms with van der Waals surface area (Å²) in [5.74, 6) is 0.139. The highest BCUT2D eigenvalue weighted by Gasteiger charge is 2.29. The molecule has 0 radical (unpaired) electrons. The van der Waals surface area contributed by atoms with E-state index in [1.165, 1.54) is 16.2 Å². The van der Waals surface area contributed by atoms with E-state index in [1.54, 1.807) is 21.1 Å². The zero-order valence-corrected chi connectivity index (χ0v) is 18.2. The van der Waals surface area contributed by atoms with Crippen LogP contribution in [0.25, 0.3) is 0 Å². The minimum atomic E-state index is -0.340. The van der Waals surface area contributed by atoms with Crippen molar-refractivity contribution in [3.05, 3.63) is 16.0 Å². The first-order valence-electron chi connectivity index (χ1n) is 9.93. The van der Waals surface area contributed by atoms with Crippen LogP contribution in [0.3, 0.4) is 0 Å². The lowest BCUT2D eigenvalue weighted by atomic mass is 9.88. The maximum absolute atomic E-state index is 12.7. The summed E-state index contributed by atoms with van der Waals surface area (Å²) in [6.07, 6.45) is 2.85. The molecule has 7 nitrogen and oxygen atoms in total. The molecule has 0 aromatic carbocycles. The summed E-state index contributed by atoms with van der Waals surface area (Å²) < 4.78 is 15.6. The Hall–Kier alpha value is -1.48. The third kappa shape index (κ3) is 6.27. The van der Waals surface area contributed by atoms with Gasteiger partial charge in [-0.15, -0.1) is 11.3 Å². The van der Waals surface area contributed by atoms with Crippen LogP contribution in [0.15, 0.2) is 0 Å². The second kappa shape index (κ2) is 11.5. The molecule has 1 atom stereocenters. The Labute approximate surface area is 171 Å². The van der Waals surface area contributed by atoms with E-state index in [0.29, 0.717) is 42.8 Å². The number of anilines is 1. The Balaban J connectivity index is 2.14. The number of thiophene rings is 1. The monoisotopic (exact) mass is 413 g/mol. The number of ether oxygens (including phenoxy) is 3. The van der Waals surface area contributed by atoms with Gasteiger partial charge < -0.3 is 24.4 Å². The summed E-state index contributed by atoms with van der Waals surface area (Å²) in [6, 6.07) is 0. The van der Waals surface area contributed by atoms with Crippen LogP contribution in [-0.4, -0.2) is 65.6 Å². The third-order valence-electron chi connectivity index (χ3n) is 4.97. The molecular weight excluding hydrogens is 380 g/mol. The molecule has 2 N–H and O–H groups in total. The van der Waals surface area contributed by atoms with Crippen molar-refractivity contribution in [1.82, 2.24) is 0 Å². The Morgan fingerprint density at radius 1 is 1.21 bits per heavy atom. The highest BCUT2D eigenvalue weighted by atomic mass is 32.1. The van der Waals surface area contributed by atoms with Crippen molar-refractivity contribution in [3.63, 3.8) is 0 Å². The zero-order chi connectivity index (χ0) is 20.5. The number of methoxy groups -OCH3 is 2. The molecule has 8 heteroatoms. The maximum atomic E-state index is 12.7. The van der Waals surface area contributed by atoms with E-state index in [1.807, 2.05) is 0 Å². The van der Waals surface area contributed by atoms with Gasteiger partial charge in [0.15, 0.2) is 6.54 Å². The topological polar surface area (TPSA) is 78.3 Å². The largest absolute Gasteiger partial charge is 0.462 e. The predicted molar refractivity (Wildman–Crippen MR) is 109 cm³/mol. The number of nitrogens with one attached hydrogen (secondary N) is 2. The average Bonchev–Trinajstić information content (AvgIpc) is 3.00. The predicted octanol–water partition coefficient (Wildman–Crippen LogP) is 1.17. The molecule has 0 saturated heterocycles. The Bertz CT molecular complexity index is 653. The minimum absolute atomic E-state index is 0.112. The third-order valence-corrected chi connectivity index (χ3v) is 6.14. The molecule has 0 unspecified atom stereocenters. The van der Waals surface area contributed by atoms with Crippen molar-refractivity contribution in [2.24, 2.45) is 5.92 Å². The molecule has 0 spiro atoms. The van der Waals surface area contributed by atoms with E-state index in [9.17, 15) is 9.59 Å². The lowest BCUT2D eigenvalue weighted by Crippen LogP contribution is -3.14. The van der Waals surface area contributed by atoms with Crippen molar-refractivity contribution in [3.8, 4) is 0 Å². The van der Waals surface area contributed by atoms with Crippen molar-refractivity contribution < 1.29 is 28.7 Å². The van der Waals surface area contributed by atoms with Gasteiger partial charge in [0.05, 0.1) is 25.4 Å². The molecule has 28 heavy (non-hydrogen) atoms. The lowest BCUT2D eigenvalue weighted by Gasteiger charge is -2.19. The number of fused-ring (bicyclic) bond motifs is 1. The van der Waals surface area contributed by atoms with Crippen LogP contribution in [0.5, 0.6) is 0 Å². The summed E-state index contributed by atoms with van der Waals surface area (Å²) >= 11 is 1.52. The molecule has 1 amide bonds. The molecule has 0 bridgehead atoms. The first-order valence-corrected chi connectivity index (χ1v) is 10.7.